The SMILES string of the molecule is [2H]C(=O)[C@H](Cc1c[nH]c2ccccc12)NC(=O)C(C)NNC(Cc1c[nH]c2ccccc12)C(=O)C(=O)[C@H](Cc1ccccc1)NN[C@@H](CCCCN(CC#CCN(NC(C)C(N)=O)S([2H])(=O)=O)CC=C)C(N)=O. The highest BCUT2D eigenvalue weighted by molar-refractivity contribution is 7.69. The summed E-state index contributed by atoms with van der Waals surface area (Å²) < 4.78 is 39.6. The maximum Gasteiger partial charge on any atom is 0.238 e. The number of primary amides is 2. The maximum absolute atomic E-state index is 14.5. The lowest BCUT2D eigenvalue weighted by molar-refractivity contribution is -0.139. The van der Waals surface area contributed by atoms with Gasteiger partial charge in [0.2, 0.25) is 40.1 Å². The monoisotopic (exact) mass is 994 g/mol. The second-order valence-corrected chi connectivity index (χ2v) is 17.8. The van der Waals surface area contributed by atoms with Crippen LogP contribution in [-0.4, -0.2) is 127 Å². The molecule has 0 saturated heterocycles. The largest absolute Gasteiger partial charge is 0.368 e. The number of aromatic nitrogens is 2. The smallest absolute Gasteiger partial charge is 0.238 e. The molecule has 0 aliphatic carbocycles. The Balaban J connectivity index is 1.25. The number of para-hydroxylation sites is 2. The van der Waals surface area contributed by atoms with E-state index in [-0.39, 0.29) is 32.2 Å². The van der Waals surface area contributed by atoms with Gasteiger partial charge in [-0.3, -0.25) is 28.9 Å². The predicted molar refractivity (Wildman–Crippen MR) is 272 cm³/mol. The van der Waals surface area contributed by atoms with E-state index in [4.69, 9.17) is 14.0 Å². The molecule has 0 fully saturated rings. The van der Waals surface area contributed by atoms with Crippen LogP contribution < -0.4 is 43.9 Å². The first-order chi connectivity index (χ1) is 34.9. The van der Waals surface area contributed by atoms with Gasteiger partial charge < -0.3 is 31.5 Å². The Morgan fingerprint density at radius 1 is 0.746 bits per heavy atom. The third-order valence-corrected chi connectivity index (χ3v) is 12.3. The average Bonchev–Trinajstić information content (AvgIpc) is 3.97. The molecular formula is C50H64N12O8S. The highest BCUT2D eigenvalue weighted by Gasteiger charge is 2.33. The van der Waals surface area contributed by atoms with Gasteiger partial charge in [0.15, 0.2) is 1.12 Å². The number of H-pyrrole nitrogens is 2. The Morgan fingerprint density at radius 3 is 1.90 bits per heavy atom. The van der Waals surface area contributed by atoms with Crippen molar-refractivity contribution in [3.05, 3.63) is 121 Å². The maximum atomic E-state index is 14.5. The van der Waals surface area contributed by atoms with E-state index in [2.05, 4.69) is 60.8 Å². The lowest BCUT2D eigenvalue weighted by atomic mass is 9.94. The normalized spacial score (nSPS) is 14.6. The number of benzene rings is 3. The standard InChI is InChI=1S/C50H64N12O8S/c1-4-23-61(25-14-15-26-62(71(69)70)60-33(2)48(51)66)24-13-12-22-43(49(52)67)57-59-44(27-35-16-6-5-7-17-35)46(64)47(65)45(29-37-31-54-42-21-11-9-19-40(37)42)58-56-34(3)50(68)55-38(32-63)28-36-30-53-41-20-10-8-18-39(36)41/h4-11,16-21,30-34,38,43-45,53-54,56-60,71H,1,12-13,22-29H2,2-3H3,(H2,51,66)(H2,52,67)(H,55,68)/t33?,34?,38-,43-,44-,45?/m0/s1/i32D,71D. The number of thiol groups is 1. The third kappa shape index (κ3) is 16.9. The van der Waals surface area contributed by atoms with Crippen LogP contribution in [0, 0.1) is 11.8 Å². The van der Waals surface area contributed by atoms with Gasteiger partial charge in [-0.1, -0.05) is 91.1 Å². The molecule has 5 aromatic rings. The van der Waals surface area contributed by atoms with Gasteiger partial charge in [-0.2, -0.15) is 0 Å². The second kappa shape index (κ2) is 28.1. The second-order valence-electron chi connectivity index (χ2n) is 17.0. The Labute approximate surface area is 417 Å². The number of nitrogens with one attached hydrogen (secondary N) is 8. The lowest BCUT2D eigenvalue weighted by Crippen LogP contribution is -2.60. The van der Waals surface area contributed by atoms with E-state index in [1.807, 2.05) is 59.5 Å². The summed E-state index contributed by atoms with van der Waals surface area (Å²) in [7, 11) is -4.50. The number of aromatic amines is 2. The number of carbonyl (C=O) groups is 6. The summed E-state index contributed by atoms with van der Waals surface area (Å²) in [4.78, 5) is 87.5. The zero-order chi connectivity index (χ0) is 53.1. The van der Waals surface area contributed by atoms with Gasteiger partial charge in [0.25, 0.3) is 0 Å². The number of ketones is 2. The fraction of sp³-hybridized carbons (Fsp3) is 0.360. The van der Waals surface area contributed by atoms with Crippen LogP contribution in [0.1, 0.15) is 51.2 Å². The minimum atomic E-state index is -4.50. The number of hydrazine groups is 3. The minimum Gasteiger partial charge on any atom is -0.368 e. The van der Waals surface area contributed by atoms with Crippen molar-refractivity contribution in [2.24, 2.45) is 11.5 Å². The summed E-state index contributed by atoms with van der Waals surface area (Å²) in [6.07, 6.45) is 5.53. The zero-order valence-corrected chi connectivity index (χ0v) is 40.5. The Hall–Kier alpha value is -6.87. The van der Waals surface area contributed by atoms with Crippen LogP contribution in [0.15, 0.2) is 104 Å². The molecule has 0 aliphatic rings. The first kappa shape index (κ1) is 52.0. The summed E-state index contributed by atoms with van der Waals surface area (Å²) in [5.74, 6) is 1.71. The van der Waals surface area contributed by atoms with Gasteiger partial charge >= 0.3 is 0 Å². The van der Waals surface area contributed by atoms with Crippen molar-refractivity contribution >= 4 is 68.2 Å². The molecule has 0 spiro atoms. The van der Waals surface area contributed by atoms with E-state index in [0.717, 1.165) is 27.4 Å². The quantitative estimate of drug-likeness (QED) is 0.00534. The fourth-order valence-corrected chi connectivity index (χ4v) is 8.08. The molecule has 21 heteroatoms. The van der Waals surface area contributed by atoms with E-state index >= 15 is 0 Å². The van der Waals surface area contributed by atoms with Crippen LogP contribution in [0.2, 0.25) is 0 Å². The molecule has 20 nitrogen and oxygen atoms in total. The van der Waals surface area contributed by atoms with Crippen molar-refractivity contribution in [1.29, 1.82) is 1.12 Å². The van der Waals surface area contributed by atoms with Gasteiger partial charge in [0.1, 0.15) is 7.63 Å². The van der Waals surface area contributed by atoms with Crippen LogP contribution in [0.4, 0.5) is 0 Å². The number of unbranched alkanes of at least 4 members (excludes halogenated alkanes) is 1. The van der Waals surface area contributed by atoms with Crippen molar-refractivity contribution < 1.29 is 38.6 Å². The van der Waals surface area contributed by atoms with E-state index in [1.54, 1.807) is 42.7 Å². The number of aldehydes is 1. The molecule has 2 heterocycles. The molecule has 12 N–H and O–H groups in total. The van der Waals surface area contributed by atoms with Crippen LogP contribution in [-0.2, 0) is 58.8 Å². The summed E-state index contributed by atoms with van der Waals surface area (Å²) in [5.41, 5.74) is 28.8. The topological polar surface area (TPSA) is 299 Å². The summed E-state index contributed by atoms with van der Waals surface area (Å²) in [6.45, 7) is 7.36. The van der Waals surface area contributed by atoms with Crippen molar-refractivity contribution in [2.75, 3.05) is 26.2 Å². The number of hydrogen-bond donors (Lipinski definition) is 11. The van der Waals surface area contributed by atoms with Crippen molar-refractivity contribution in [1.82, 2.24) is 51.7 Å². The van der Waals surface area contributed by atoms with E-state index < -0.39 is 89.1 Å². The molecule has 3 amide bonds. The van der Waals surface area contributed by atoms with Gasteiger partial charge in [-0.15, -0.1) is 11.0 Å². The molecule has 0 bridgehead atoms. The number of carbonyl (C=O) groups excluding carboxylic acids is 6. The molecule has 2 aromatic heterocycles. The van der Waals surface area contributed by atoms with Crippen molar-refractivity contribution in [3.8, 4) is 11.8 Å². The lowest BCUT2D eigenvalue weighted by Gasteiger charge is -2.25. The van der Waals surface area contributed by atoms with Crippen LogP contribution >= 0.6 is 0 Å². The van der Waals surface area contributed by atoms with Crippen LogP contribution in [0.5, 0.6) is 0 Å². The predicted octanol–water partition coefficient (Wildman–Crippen LogP) is 0.536. The number of nitrogens with two attached hydrogens (primary N) is 2. The number of Topliss-reactive ketones (excluding diaryl/α,β-unsaturated/α-hetero) is 2. The first-order valence-corrected chi connectivity index (χ1v) is 24.1. The first-order valence-electron chi connectivity index (χ1n) is 24.0. The fourth-order valence-electron chi connectivity index (χ4n) is 7.67. The molecule has 0 saturated carbocycles. The molecule has 3 aromatic carbocycles. The van der Waals surface area contributed by atoms with Crippen LogP contribution in [0.25, 0.3) is 21.8 Å². The van der Waals surface area contributed by atoms with Gasteiger partial charge in [-0.25, -0.2) is 35.5 Å². The average molecular weight is 995 g/mol. The van der Waals surface area contributed by atoms with Gasteiger partial charge in [0, 0.05) is 47.2 Å². The minimum absolute atomic E-state index is 0.00709. The number of fused-ring (bicyclic) bond motifs is 2. The Bertz CT molecular complexity index is 2890. The third-order valence-electron chi connectivity index (χ3n) is 11.7. The Morgan fingerprint density at radius 2 is 1.31 bits per heavy atom. The molecule has 0 aliphatic heterocycles. The Kier molecular flexibility index (Phi) is 20.6. The number of nitrogens with zero attached hydrogens (tertiary/aromatic N) is 2. The van der Waals surface area contributed by atoms with Crippen molar-refractivity contribution in [2.45, 2.75) is 88.6 Å². The zero-order valence-electron chi connectivity index (χ0n) is 41.7. The van der Waals surface area contributed by atoms with E-state index in [0.29, 0.717) is 41.5 Å². The van der Waals surface area contributed by atoms with Gasteiger partial charge in [0.05, 0.1) is 49.3 Å². The van der Waals surface area contributed by atoms with Crippen LogP contribution in [0.3, 0.4) is 0 Å². The molecule has 5 rings (SSSR count). The molecule has 378 valence electrons. The molecule has 0 radical (unpaired) electrons. The highest BCUT2D eigenvalue weighted by Crippen LogP contribution is 2.21. The number of rotatable bonds is 32. The highest BCUT2D eigenvalue weighted by atomic mass is 32.2. The van der Waals surface area contributed by atoms with E-state index in [9.17, 15) is 37.2 Å². The summed E-state index contributed by atoms with van der Waals surface area (Å²) in [6, 6.07) is 17.2. The van der Waals surface area contributed by atoms with Gasteiger partial charge in [-0.05, 0) is 74.9 Å². The van der Waals surface area contributed by atoms with Crippen molar-refractivity contribution in [3.63, 3.8) is 0 Å². The number of amides is 3. The molecule has 6 atom stereocenters. The summed E-state index contributed by atoms with van der Waals surface area (Å²) in [5, 5.41) is 4.32. The number of hydrogen-bond acceptors (Lipinski definition) is 14. The van der Waals surface area contributed by atoms with E-state index in [1.165, 1.54) is 13.8 Å². The molecule has 3 unspecified atom stereocenters. The molecular weight excluding hydrogens is 929 g/mol. The summed E-state index contributed by atoms with van der Waals surface area (Å²) >= 11 is 0. The molecule has 71 heavy (non-hydrogen) atoms.